The lowest BCUT2D eigenvalue weighted by Gasteiger charge is -2.29. The minimum absolute atomic E-state index is 0.192. The van der Waals surface area contributed by atoms with Crippen molar-refractivity contribution in [1.82, 2.24) is 10.3 Å². The quantitative estimate of drug-likeness (QED) is 0.844. The molecule has 2 atom stereocenters. The van der Waals surface area contributed by atoms with Crippen molar-refractivity contribution >= 4 is 27.8 Å². The molecule has 0 bridgehead atoms. The summed E-state index contributed by atoms with van der Waals surface area (Å²) < 4.78 is 5.70. The Kier molecular flexibility index (Phi) is 5.73. The first-order valence-corrected chi connectivity index (χ1v) is 7.92. The summed E-state index contributed by atoms with van der Waals surface area (Å²) in [6.07, 6.45) is 7.48. The third-order valence-electron chi connectivity index (χ3n) is 3.73. The maximum Gasteiger partial charge on any atom is 0.340 e. The molecule has 0 radical (unpaired) electrons. The largest absolute Gasteiger partial charge is 0.452 e. The Hall–Kier alpha value is -1.43. The highest BCUT2D eigenvalue weighted by Crippen LogP contribution is 2.23. The van der Waals surface area contributed by atoms with E-state index in [2.05, 4.69) is 33.2 Å². The van der Waals surface area contributed by atoms with Crippen molar-refractivity contribution in [2.24, 2.45) is 5.92 Å². The van der Waals surface area contributed by atoms with Crippen LogP contribution in [0, 0.1) is 5.92 Å². The maximum atomic E-state index is 11.8. The van der Waals surface area contributed by atoms with Gasteiger partial charge in [0.05, 0.1) is 5.56 Å². The molecule has 0 unspecified atom stereocenters. The summed E-state index contributed by atoms with van der Waals surface area (Å²) in [4.78, 5) is 27.5. The van der Waals surface area contributed by atoms with E-state index < -0.39 is 5.97 Å². The van der Waals surface area contributed by atoms with Crippen LogP contribution in [0.1, 0.15) is 43.0 Å². The number of pyridine rings is 1. The van der Waals surface area contributed by atoms with Crippen LogP contribution in [0.3, 0.4) is 0 Å². The van der Waals surface area contributed by atoms with Crippen molar-refractivity contribution in [2.45, 2.75) is 38.6 Å². The average molecular weight is 355 g/mol. The second-order valence-electron chi connectivity index (χ2n) is 5.40. The van der Waals surface area contributed by atoms with E-state index in [-0.39, 0.29) is 18.6 Å². The highest BCUT2D eigenvalue weighted by molar-refractivity contribution is 9.10. The van der Waals surface area contributed by atoms with E-state index >= 15 is 0 Å². The second-order valence-corrected chi connectivity index (χ2v) is 6.32. The van der Waals surface area contributed by atoms with Gasteiger partial charge in [-0.05, 0) is 40.8 Å². The van der Waals surface area contributed by atoms with Crippen LogP contribution < -0.4 is 5.32 Å². The third kappa shape index (κ3) is 4.81. The number of hydrogen-bond donors (Lipinski definition) is 1. The molecule has 0 spiro atoms. The molecule has 1 fully saturated rings. The predicted octanol–water partition coefficient (Wildman–Crippen LogP) is 2.70. The van der Waals surface area contributed by atoms with Crippen molar-refractivity contribution in [3.8, 4) is 0 Å². The number of hydrogen-bond acceptors (Lipinski definition) is 4. The van der Waals surface area contributed by atoms with Crippen LogP contribution in [0.25, 0.3) is 0 Å². The molecule has 1 heterocycles. The monoisotopic (exact) mass is 354 g/mol. The Morgan fingerprint density at radius 3 is 2.86 bits per heavy atom. The number of ether oxygens (including phenoxy) is 1. The lowest BCUT2D eigenvalue weighted by atomic mass is 9.86. The fraction of sp³-hybridized carbons (Fsp3) is 0.533. The van der Waals surface area contributed by atoms with E-state index in [1.165, 1.54) is 12.6 Å². The van der Waals surface area contributed by atoms with Crippen LogP contribution in [0.5, 0.6) is 0 Å². The van der Waals surface area contributed by atoms with E-state index in [9.17, 15) is 9.59 Å². The molecule has 1 aromatic heterocycles. The third-order valence-corrected chi connectivity index (χ3v) is 4.17. The highest BCUT2D eigenvalue weighted by atomic mass is 79.9. The first-order valence-electron chi connectivity index (χ1n) is 7.13. The maximum absolute atomic E-state index is 11.8. The molecule has 21 heavy (non-hydrogen) atoms. The van der Waals surface area contributed by atoms with Crippen LogP contribution in [0.4, 0.5) is 0 Å². The smallest absolute Gasteiger partial charge is 0.340 e. The Morgan fingerprint density at radius 2 is 2.14 bits per heavy atom. The predicted molar refractivity (Wildman–Crippen MR) is 81.8 cm³/mol. The number of rotatable bonds is 4. The van der Waals surface area contributed by atoms with Crippen LogP contribution >= 0.6 is 15.9 Å². The van der Waals surface area contributed by atoms with Crippen LogP contribution in [-0.4, -0.2) is 29.5 Å². The van der Waals surface area contributed by atoms with Gasteiger partial charge < -0.3 is 10.1 Å². The summed E-state index contributed by atoms with van der Waals surface area (Å²) >= 11 is 3.23. The zero-order valence-corrected chi connectivity index (χ0v) is 13.6. The molecule has 1 saturated carbocycles. The molecular formula is C15H19BrN2O3. The number of carbonyl (C=O) groups is 2. The number of carbonyl (C=O) groups excluding carboxylic acids is 2. The summed E-state index contributed by atoms with van der Waals surface area (Å²) in [5.74, 6) is -0.312. The van der Waals surface area contributed by atoms with Gasteiger partial charge in [-0.2, -0.15) is 0 Å². The van der Waals surface area contributed by atoms with Gasteiger partial charge in [0.25, 0.3) is 5.91 Å². The minimum Gasteiger partial charge on any atom is -0.452 e. The minimum atomic E-state index is -0.546. The molecule has 1 aromatic rings. The first-order chi connectivity index (χ1) is 10.1. The molecule has 114 valence electrons. The molecule has 5 nitrogen and oxygen atoms in total. The Balaban J connectivity index is 1.79. The van der Waals surface area contributed by atoms with Gasteiger partial charge in [0.2, 0.25) is 0 Å². The Labute approximate surface area is 132 Å². The number of esters is 1. The van der Waals surface area contributed by atoms with Gasteiger partial charge in [0.1, 0.15) is 0 Å². The molecule has 1 amide bonds. The number of amides is 1. The van der Waals surface area contributed by atoms with Crippen molar-refractivity contribution in [3.05, 3.63) is 28.5 Å². The van der Waals surface area contributed by atoms with Crippen molar-refractivity contribution in [3.63, 3.8) is 0 Å². The van der Waals surface area contributed by atoms with Crippen molar-refractivity contribution in [2.75, 3.05) is 6.61 Å². The van der Waals surface area contributed by atoms with Gasteiger partial charge in [-0.25, -0.2) is 4.79 Å². The summed E-state index contributed by atoms with van der Waals surface area (Å²) in [6.45, 7) is 1.89. The first kappa shape index (κ1) is 15.9. The lowest BCUT2D eigenvalue weighted by Crippen LogP contribution is -2.42. The molecule has 1 N–H and O–H groups in total. The average Bonchev–Trinajstić information content (AvgIpc) is 2.47. The van der Waals surface area contributed by atoms with Crippen LogP contribution in [-0.2, 0) is 9.53 Å². The van der Waals surface area contributed by atoms with Gasteiger partial charge in [-0.3, -0.25) is 9.78 Å². The summed E-state index contributed by atoms with van der Waals surface area (Å²) in [6, 6.07) is 1.80. The summed E-state index contributed by atoms with van der Waals surface area (Å²) in [7, 11) is 0. The van der Waals surface area contributed by atoms with Crippen molar-refractivity contribution < 1.29 is 14.3 Å². The fourth-order valence-electron chi connectivity index (χ4n) is 2.52. The zero-order valence-electron chi connectivity index (χ0n) is 12.0. The van der Waals surface area contributed by atoms with Gasteiger partial charge in [0.15, 0.2) is 6.61 Å². The van der Waals surface area contributed by atoms with E-state index in [4.69, 9.17) is 4.74 Å². The molecule has 0 aliphatic heterocycles. The Morgan fingerprint density at radius 1 is 1.38 bits per heavy atom. The molecule has 2 rings (SSSR count). The number of halogens is 1. The van der Waals surface area contributed by atoms with E-state index in [1.807, 2.05) is 0 Å². The summed E-state index contributed by atoms with van der Waals surface area (Å²) in [5.41, 5.74) is 0.322. The zero-order chi connectivity index (χ0) is 15.2. The SMILES string of the molecule is C[C@H]1CCCC[C@H]1NC(=O)COC(=O)c1cncc(Br)c1. The van der Waals surface area contributed by atoms with Crippen LogP contribution in [0.2, 0.25) is 0 Å². The molecule has 1 aliphatic rings. The standard InChI is InChI=1S/C15H19BrN2O3/c1-10-4-2-3-5-13(10)18-14(19)9-21-15(20)11-6-12(16)8-17-7-11/h6-8,10,13H,2-5,9H2,1H3,(H,18,19)/t10-,13+/m0/s1. The molecule has 0 aromatic carbocycles. The van der Waals surface area contributed by atoms with Crippen molar-refractivity contribution in [1.29, 1.82) is 0 Å². The topological polar surface area (TPSA) is 68.3 Å². The number of nitrogens with one attached hydrogen (secondary N) is 1. The normalized spacial score (nSPS) is 21.6. The highest BCUT2D eigenvalue weighted by Gasteiger charge is 2.23. The second kappa shape index (κ2) is 7.54. The number of nitrogens with zero attached hydrogens (tertiary/aromatic N) is 1. The van der Waals surface area contributed by atoms with E-state index in [0.29, 0.717) is 16.0 Å². The molecule has 1 aliphatic carbocycles. The molecule has 0 saturated heterocycles. The lowest BCUT2D eigenvalue weighted by molar-refractivity contribution is -0.125. The van der Waals surface area contributed by atoms with Gasteiger partial charge >= 0.3 is 5.97 Å². The van der Waals surface area contributed by atoms with E-state index in [1.54, 1.807) is 12.3 Å². The van der Waals surface area contributed by atoms with E-state index in [0.717, 1.165) is 19.3 Å². The molecule has 6 heteroatoms. The summed E-state index contributed by atoms with van der Waals surface area (Å²) in [5, 5.41) is 2.95. The fourth-order valence-corrected chi connectivity index (χ4v) is 2.88. The van der Waals surface area contributed by atoms with Gasteiger partial charge in [0, 0.05) is 22.9 Å². The Bertz CT molecular complexity index is 521. The molecular weight excluding hydrogens is 336 g/mol. The number of aromatic nitrogens is 1. The van der Waals surface area contributed by atoms with Gasteiger partial charge in [-0.1, -0.05) is 19.8 Å². The van der Waals surface area contributed by atoms with Gasteiger partial charge in [-0.15, -0.1) is 0 Å². The van der Waals surface area contributed by atoms with Crippen LogP contribution in [0.15, 0.2) is 22.9 Å².